The first-order valence-electron chi connectivity index (χ1n) is 28.7. The van der Waals surface area contributed by atoms with Gasteiger partial charge in [0.15, 0.2) is 0 Å². The van der Waals surface area contributed by atoms with E-state index in [1.807, 2.05) is 0 Å². The first-order valence-corrected chi connectivity index (χ1v) is 28.7. The molecule has 384 valence electrons. The van der Waals surface area contributed by atoms with E-state index in [9.17, 15) is 0 Å². The van der Waals surface area contributed by atoms with Crippen LogP contribution in [0.3, 0.4) is 0 Å². The molecule has 0 amide bonds. The first-order chi connectivity index (χ1) is 39.7. The van der Waals surface area contributed by atoms with Crippen LogP contribution in [0.25, 0.3) is 55.6 Å². The van der Waals surface area contributed by atoms with Crippen LogP contribution in [0.5, 0.6) is 0 Å². The zero-order valence-electron chi connectivity index (χ0n) is 46.1. The van der Waals surface area contributed by atoms with Crippen LogP contribution in [0.2, 0.25) is 0 Å². The molecule has 12 aromatic rings. The second-order valence-electron chi connectivity index (χ2n) is 23.9. The highest BCUT2D eigenvalue weighted by molar-refractivity contribution is 5.93. The quantitative estimate of drug-likeness (QED) is 0.154. The van der Waals surface area contributed by atoms with Gasteiger partial charge in [-0.25, -0.2) is 0 Å². The van der Waals surface area contributed by atoms with Gasteiger partial charge >= 0.3 is 0 Å². The summed E-state index contributed by atoms with van der Waals surface area (Å²) < 4.78 is 0. The minimum Gasteiger partial charge on any atom is -0.310 e. The summed E-state index contributed by atoms with van der Waals surface area (Å²) in [6, 6.07) is 108. The molecule has 0 atom stereocenters. The number of anilines is 3. The van der Waals surface area contributed by atoms with E-state index in [-0.39, 0.29) is 10.8 Å². The van der Waals surface area contributed by atoms with Crippen LogP contribution >= 0.6 is 0 Å². The third kappa shape index (κ3) is 6.55. The SMILES string of the molecule is CC1(C)c2ccccc2-c2ccc(N(c3ccc(-c4ccccc4)cc3)c3ccc4c(c3)C(C)(C)c3cc(-c5ccc6c(c5)C5(c7ccccc7-6)c6ccccc6C(c6ccccc6)(c6ccccc6)c6ccccc65)ccc3-4)cc21. The highest BCUT2D eigenvalue weighted by Gasteiger charge is 2.56. The predicted molar refractivity (Wildman–Crippen MR) is 336 cm³/mol. The number of rotatable bonds is 7. The lowest BCUT2D eigenvalue weighted by Gasteiger charge is -2.50. The van der Waals surface area contributed by atoms with Crippen molar-refractivity contribution in [3.8, 4) is 55.6 Å². The lowest BCUT2D eigenvalue weighted by molar-refractivity contribution is 0.624. The van der Waals surface area contributed by atoms with Crippen LogP contribution in [0.1, 0.15) is 94.5 Å². The third-order valence-corrected chi connectivity index (χ3v) is 19.2. The highest BCUT2D eigenvalue weighted by Crippen LogP contribution is 2.65. The van der Waals surface area contributed by atoms with Gasteiger partial charge in [-0.1, -0.05) is 264 Å². The maximum atomic E-state index is 2.55. The van der Waals surface area contributed by atoms with Gasteiger partial charge in [0.1, 0.15) is 0 Å². The Bertz CT molecular complexity index is 4420. The molecule has 4 aliphatic carbocycles. The molecule has 0 saturated heterocycles. The summed E-state index contributed by atoms with van der Waals surface area (Å²) in [5, 5.41) is 0. The first kappa shape index (κ1) is 47.4. The molecule has 16 rings (SSSR count). The highest BCUT2D eigenvalue weighted by atomic mass is 15.1. The van der Waals surface area contributed by atoms with Crippen molar-refractivity contribution < 1.29 is 0 Å². The van der Waals surface area contributed by atoms with E-state index in [1.165, 1.54) is 122 Å². The molecule has 4 aliphatic rings. The van der Waals surface area contributed by atoms with Gasteiger partial charge in [0.25, 0.3) is 0 Å². The van der Waals surface area contributed by atoms with Gasteiger partial charge in [-0.05, 0) is 171 Å². The van der Waals surface area contributed by atoms with Gasteiger partial charge in [-0.3, -0.25) is 0 Å². The second-order valence-corrected chi connectivity index (χ2v) is 23.9. The maximum absolute atomic E-state index is 2.55. The molecule has 0 unspecified atom stereocenters. The lowest BCUT2D eigenvalue weighted by Crippen LogP contribution is -2.44. The Hall–Kier alpha value is -9.56. The van der Waals surface area contributed by atoms with Crippen LogP contribution in [-0.2, 0) is 21.7 Å². The van der Waals surface area contributed by atoms with Crippen LogP contribution in [-0.4, -0.2) is 0 Å². The fraction of sp³-hybridized carbons (Fsp3) is 0.100. The molecular formula is C80H59N. The van der Waals surface area contributed by atoms with E-state index in [1.54, 1.807) is 0 Å². The summed E-state index contributed by atoms with van der Waals surface area (Å²) in [6.45, 7) is 9.60. The van der Waals surface area contributed by atoms with Gasteiger partial charge in [0.2, 0.25) is 0 Å². The summed E-state index contributed by atoms with van der Waals surface area (Å²) in [7, 11) is 0. The Morgan fingerprint density at radius 1 is 0.210 bits per heavy atom. The van der Waals surface area contributed by atoms with E-state index in [0.717, 1.165) is 17.1 Å². The molecule has 0 bridgehead atoms. The van der Waals surface area contributed by atoms with E-state index in [2.05, 4.69) is 318 Å². The number of nitrogens with zero attached hydrogens (tertiary/aromatic N) is 1. The number of hydrogen-bond acceptors (Lipinski definition) is 1. The Morgan fingerprint density at radius 2 is 0.531 bits per heavy atom. The summed E-state index contributed by atoms with van der Waals surface area (Å²) in [6.07, 6.45) is 0. The van der Waals surface area contributed by atoms with Crippen LogP contribution in [0, 0.1) is 0 Å². The van der Waals surface area contributed by atoms with Crippen molar-refractivity contribution in [1.82, 2.24) is 0 Å². The van der Waals surface area contributed by atoms with Gasteiger partial charge in [0.05, 0.1) is 10.8 Å². The normalized spacial score (nSPS) is 15.3. The summed E-state index contributed by atoms with van der Waals surface area (Å²) >= 11 is 0. The monoisotopic (exact) mass is 1030 g/mol. The minimum atomic E-state index is -0.572. The average molecular weight is 1030 g/mol. The summed E-state index contributed by atoms with van der Waals surface area (Å²) in [4.78, 5) is 2.47. The molecule has 0 N–H and O–H groups in total. The molecule has 1 nitrogen and oxygen atoms in total. The van der Waals surface area contributed by atoms with E-state index in [4.69, 9.17) is 0 Å². The van der Waals surface area contributed by atoms with Gasteiger partial charge < -0.3 is 4.90 Å². The van der Waals surface area contributed by atoms with Crippen molar-refractivity contribution in [2.75, 3.05) is 4.90 Å². The van der Waals surface area contributed by atoms with Crippen molar-refractivity contribution in [3.63, 3.8) is 0 Å². The van der Waals surface area contributed by atoms with Crippen LogP contribution < -0.4 is 4.90 Å². The zero-order chi connectivity index (χ0) is 54.2. The number of hydrogen-bond donors (Lipinski definition) is 0. The zero-order valence-corrected chi connectivity index (χ0v) is 46.1. The van der Waals surface area contributed by atoms with Gasteiger partial charge in [-0.2, -0.15) is 0 Å². The number of benzene rings is 12. The molecular weight excluding hydrogens is 975 g/mol. The van der Waals surface area contributed by atoms with E-state index >= 15 is 0 Å². The molecule has 1 heteroatoms. The van der Waals surface area contributed by atoms with Crippen molar-refractivity contribution >= 4 is 17.1 Å². The van der Waals surface area contributed by atoms with E-state index < -0.39 is 10.8 Å². The molecule has 0 heterocycles. The second kappa shape index (κ2) is 17.5. The lowest BCUT2D eigenvalue weighted by atomic mass is 9.51. The molecule has 81 heavy (non-hydrogen) atoms. The smallest absolute Gasteiger partial charge is 0.0720 e. The Morgan fingerprint density at radius 3 is 1.05 bits per heavy atom. The largest absolute Gasteiger partial charge is 0.310 e. The van der Waals surface area contributed by atoms with Crippen molar-refractivity contribution in [2.24, 2.45) is 0 Å². The van der Waals surface area contributed by atoms with E-state index in [0.29, 0.717) is 0 Å². The molecule has 0 aromatic heterocycles. The summed E-state index contributed by atoms with van der Waals surface area (Å²) in [5.74, 6) is 0. The fourth-order valence-electron chi connectivity index (χ4n) is 15.5. The topological polar surface area (TPSA) is 3.24 Å². The molecule has 0 aliphatic heterocycles. The van der Waals surface area contributed by atoms with Gasteiger partial charge in [-0.15, -0.1) is 0 Å². The minimum absolute atomic E-state index is 0.130. The Labute approximate surface area is 476 Å². The van der Waals surface area contributed by atoms with Crippen LogP contribution in [0.15, 0.2) is 285 Å². The maximum Gasteiger partial charge on any atom is 0.0720 e. The standard InChI is InChI=1S/C80H59N/c1-77(2)67-30-16-14-28-61(67)64-46-42-59(50-74(64)77)81(58-40-36-53(37-41-58)52-22-8-5-9-23-52)60-43-47-65-63-44-38-54(48-73(63)78(3,4)75(65)51-60)55-39-45-66-62-29-15-17-31-68(62)80(76(66)49-55)71-34-20-18-32-69(71)79(56-24-10-6-11-25-56,57-26-12-7-13-27-57)70-33-19-21-35-72(70)80/h5-51H,1-4H3. The van der Waals surface area contributed by atoms with Crippen molar-refractivity contribution in [1.29, 1.82) is 0 Å². The molecule has 0 radical (unpaired) electrons. The average Bonchev–Trinajstić information content (AvgIpc) is 1.99. The Kier molecular flexibility index (Phi) is 10.2. The molecule has 1 spiro atoms. The molecule has 12 aromatic carbocycles. The predicted octanol–water partition coefficient (Wildman–Crippen LogP) is 20.2. The van der Waals surface area contributed by atoms with Crippen molar-refractivity contribution in [3.05, 3.63) is 352 Å². The van der Waals surface area contributed by atoms with Crippen molar-refractivity contribution in [2.45, 2.75) is 49.4 Å². The number of fused-ring (bicyclic) bond motifs is 15. The molecule has 0 fully saturated rings. The Balaban J connectivity index is 0.830. The molecule has 0 saturated carbocycles. The fourth-order valence-corrected chi connectivity index (χ4v) is 15.5. The third-order valence-electron chi connectivity index (χ3n) is 19.2. The summed E-state index contributed by atoms with van der Waals surface area (Å²) in [5.41, 5.74) is 30.6. The van der Waals surface area contributed by atoms with Crippen LogP contribution in [0.4, 0.5) is 17.1 Å². The van der Waals surface area contributed by atoms with Gasteiger partial charge in [0, 0.05) is 27.9 Å².